The monoisotopic (exact) mass is 472 g/mol. The average molecular weight is 473 g/mol. The van der Waals surface area contributed by atoms with E-state index in [4.69, 9.17) is 0 Å². The Labute approximate surface area is 205 Å². The number of para-hydroxylation sites is 3. The number of hydrogen-bond donors (Lipinski definition) is 1. The fourth-order valence-electron chi connectivity index (χ4n) is 4.17. The van der Waals surface area contributed by atoms with Gasteiger partial charge in [-0.3, -0.25) is 14.2 Å². The van der Waals surface area contributed by atoms with E-state index in [2.05, 4.69) is 20.4 Å². The third-order valence-corrected chi connectivity index (χ3v) is 5.98. The first-order chi connectivity index (χ1) is 17.7. The highest BCUT2D eigenvalue weighted by Gasteiger charge is 2.17. The second kappa shape index (κ2) is 8.92. The molecule has 0 aliphatic heterocycles. The van der Waals surface area contributed by atoms with Gasteiger partial charge in [0.2, 0.25) is 0 Å². The van der Waals surface area contributed by atoms with Crippen LogP contribution in [0.1, 0.15) is 16.1 Å². The fraction of sp³-hybridized carbons (Fsp3) is 0.0357. The number of rotatable bonds is 5. The van der Waals surface area contributed by atoms with E-state index in [1.54, 1.807) is 48.9 Å². The zero-order valence-corrected chi connectivity index (χ0v) is 19.1. The molecule has 0 saturated carbocycles. The number of imidazole rings is 1. The van der Waals surface area contributed by atoms with Gasteiger partial charge in [-0.25, -0.2) is 9.97 Å². The highest BCUT2D eigenvalue weighted by atomic mass is 16.2. The molecular weight excluding hydrogens is 452 g/mol. The van der Waals surface area contributed by atoms with Crippen LogP contribution in [0.25, 0.3) is 33.3 Å². The van der Waals surface area contributed by atoms with E-state index in [0.29, 0.717) is 16.5 Å². The van der Waals surface area contributed by atoms with Crippen molar-refractivity contribution in [3.8, 4) is 11.5 Å². The molecule has 0 atom stereocenters. The molecule has 6 rings (SSSR count). The minimum atomic E-state index is -0.374. The van der Waals surface area contributed by atoms with Gasteiger partial charge in [-0.15, -0.1) is 0 Å². The molecule has 0 bridgehead atoms. The molecule has 36 heavy (non-hydrogen) atoms. The molecule has 174 valence electrons. The molecule has 3 heterocycles. The topological polar surface area (TPSA) is 94.7 Å². The molecule has 3 aromatic carbocycles. The van der Waals surface area contributed by atoms with Crippen LogP contribution in [0.2, 0.25) is 0 Å². The molecule has 3 aromatic heterocycles. The molecule has 0 fully saturated rings. The number of nitrogens with zero attached hydrogens (tertiary/aromatic N) is 5. The Morgan fingerprint density at radius 2 is 1.56 bits per heavy atom. The Morgan fingerprint density at radius 3 is 2.36 bits per heavy atom. The average Bonchev–Trinajstić information content (AvgIpc) is 3.37. The van der Waals surface area contributed by atoms with Gasteiger partial charge >= 0.3 is 0 Å². The summed E-state index contributed by atoms with van der Waals surface area (Å²) in [5.74, 6) is 0.363. The van der Waals surface area contributed by atoms with Crippen LogP contribution in [0.15, 0.2) is 108 Å². The standard InChI is InChI=1S/C28H20N6O2/c35-27(26-21-10-4-5-11-22(21)28(36)34(32-26)20-8-2-1-3-9-20)30-17-19-14-15-25(29-16-19)33-18-31-23-12-6-7-13-24(23)33/h1-16,18H,17H2,(H,30,35). The van der Waals surface area contributed by atoms with Crippen LogP contribution in [0.3, 0.4) is 0 Å². The summed E-state index contributed by atoms with van der Waals surface area (Å²) in [5, 5.41) is 8.28. The quantitative estimate of drug-likeness (QED) is 0.409. The Hall–Kier alpha value is -5.11. The van der Waals surface area contributed by atoms with Gasteiger partial charge in [0.1, 0.15) is 12.1 Å². The molecule has 0 saturated heterocycles. The van der Waals surface area contributed by atoms with Gasteiger partial charge in [-0.2, -0.15) is 9.78 Å². The number of nitrogens with one attached hydrogen (secondary N) is 1. The number of pyridine rings is 1. The van der Waals surface area contributed by atoms with Crippen molar-refractivity contribution in [3.63, 3.8) is 0 Å². The summed E-state index contributed by atoms with van der Waals surface area (Å²) in [6.07, 6.45) is 3.47. The lowest BCUT2D eigenvalue weighted by Gasteiger charge is -2.11. The summed E-state index contributed by atoms with van der Waals surface area (Å²) in [5.41, 5.74) is 3.19. The molecule has 0 unspecified atom stereocenters. The summed E-state index contributed by atoms with van der Waals surface area (Å²) in [6.45, 7) is 0.261. The van der Waals surface area contributed by atoms with Crippen molar-refractivity contribution < 1.29 is 4.79 Å². The third-order valence-electron chi connectivity index (χ3n) is 5.98. The summed E-state index contributed by atoms with van der Waals surface area (Å²) in [6, 6.07) is 27.7. The van der Waals surface area contributed by atoms with Gasteiger partial charge in [-0.1, -0.05) is 54.6 Å². The lowest BCUT2D eigenvalue weighted by atomic mass is 10.1. The summed E-state index contributed by atoms with van der Waals surface area (Å²) in [4.78, 5) is 35.2. The maximum absolute atomic E-state index is 13.2. The van der Waals surface area contributed by atoms with Crippen LogP contribution in [0.5, 0.6) is 0 Å². The highest BCUT2D eigenvalue weighted by molar-refractivity contribution is 6.04. The van der Waals surface area contributed by atoms with Gasteiger partial charge < -0.3 is 5.32 Å². The first-order valence-electron chi connectivity index (χ1n) is 11.4. The minimum Gasteiger partial charge on any atom is -0.346 e. The Bertz CT molecular complexity index is 1770. The van der Waals surface area contributed by atoms with E-state index in [1.807, 2.05) is 59.2 Å². The van der Waals surface area contributed by atoms with Crippen LogP contribution >= 0.6 is 0 Å². The molecule has 0 spiro atoms. The van der Waals surface area contributed by atoms with Crippen LogP contribution in [-0.2, 0) is 6.54 Å². The predicted octanol–water partition coefficient (Wildman–Crippen LogP) is 4.05. The Kier molecular flexibility index (Phi) is 5.31. The Balaban J connectivity index is 1.27. The molecule has 0 aliphatic rings. The summed E-state index contributed by atoms with van der Waals surface area (Å²) >= 11 is 0. The van der Waals surface area contributed by atoms with E-state index in [0.717, 1.165) is 22.4 Å². The largest absolute Gasteiger partial charge is 0.346 e. The van der Waals surface area contributed by atoms with E-state index < -0.39 is 0 Å². The lowest BCUT2D eigenvalue weighted by molar-refractivity contribution is 0.0946. The van der Waals surface area contributed by atoms with Crippen molar-refractivity contribution in [2.24, 2.45) is 0 Å². The van der Waals surface area contributed by atoms with Crippen LogP contribution in [0, 0.1) is 0 Å². The molecule has 6 aromatic rings. The van der Waals surface area contributed by atoms with Crippen LogP contribution < -0.4 is 10.9 Å². The second-order valence-corrected chi connectivity index (χ2v) is 8.26. The van der Waals surface area contributed by atoms with Crippen molar-refractivity contribution in [2.75, 3.05) is 0 Å². The normalized spacial score (nSPS) is 11.1. The van der Waals surface area contributed by atoms with Crippen molar-refractivity contribution in [2.45, 2.75) is 6.54 Å². The summed E-state index contributed by atoms with van der Waals surface area (Å²) < 4.78 is 3.18. The SMILES string of the molecule is O=C(NCc1ccc(-n2cnc3ccccc32)nc1)c1nn(-c2ccccc2)c(=O)c2ccccc12. The van der Waals surface area contributed by atoms with E-state index in [-0.39, 0.29) is 23.7 Å². The van der Waals surface area contributed by atoms with Gasteiger partial charge in [-0.05, 0) is 42.0 Å². The predicted molar refractivity (Wildman–Crippen MR) is 137 cm³/mol. The maximum atomic E-state index is 13.2. The van der Waals surface area contributed by atoms with E-state index in [9.17, 15) is 9.59 Å². The number of hydrogen-bond acceptors (Lipinski definition) is 5. The molecule has 0 aliphatic carbocycles. The molecule has 1 amide bonds. The molecule has 1 N–H and O–H groups in total. The Morgan fingerprint density at radius 1 is 0.806 bits per heavy atom. The number of carbonyl (C=O) groups excluding carboxylic acids is 1. The zero-order valence-electron chi connectivity index (χ0n) is 19.1. The van der Waals surface area contributed by atoms with Crippen molar-refractivity contribution in [1.29, 1.82) is 0 Å². The molecule has 8 heteroatoms. The van der Waals surface area contributed by atoms with E-state index >= 15 is 0 Å². The highest BCUT2D eigenvalue weighted by Crippen LogP contribution is 2.17. The number of carbonyl (C=O) groups is 1. The second-order valence-electron chi connectivity index (χ2n) is 8.26. The van der Waals surface area contributed by atoms with Gasteiger partial charge in [0, 0.05) is 18.1 Å². The minimum absolute atomic E-state index is 0.184. The fourth-order valence-corrected chi connectivity index (χ4v) is 4.17. The van der Waals surface area contributed by atoms with Gasteiger partial charge in [0.05, 0.1) is 22.1 Å². The number of aromatic nitrogens is 5. The molecule has 0 radical (unpaired) electrons. The third kappa shape index (κ3) is 3.80. The zero-order chi connectivity index (χ0) is 24.5. The maximum Gasteiger partial charge on any atom is 0.279 e. The van der Waals surface area contributed by atoms with Crippen molar-refractivity contribution in [3.05, 3.63) is 125 Å². The summed E-state index contributed by atoms with van der Waals surface area (Å²) in [7, 11) is 0. The first-order valence-corrected chi connectivity index (χ1v) is 11.4. The van der Waals surface area contributed by atoms with Crippen LogP contribution in [0.4, 0.5) is 0 Å². The van der Waals surface area contributed by atoms with Gasteiger partial charge in [0.25, 0.3) is 11.5 Å². The van der Waals surface area contributed by atoms with Crippen molar-refractivity contribution in [1.82, 2.24) is 29.6 Å². The molecule has 8 nitrogen and oxygen atoms in total. The van der Waals surface area contributed by atoms with Crippen molar-refractivity contribution >= 4 is 27.7 Å². The number of amides is 1. The smallest absolute Gasteiger partial charge is 0.279 e. The lowest BCUT2D eigenvalue weighted by Crippen LogP contribution is -2.29. The first kappa shape index (κ1) is 21.4. The number of fused-ring (bicyclic) bond motifs is 2. The van der Waals surface area contributed by atoms with Crippen LogP contribution in [-0.4, -0.2) is 30.2 Å². The molecular formula is C28H20N6O2. The van der Waals surface area contributed by atoms with Gasteiger partial charge in [0.15, 0.2) is 5.69 Å². The van der Waals surface area contributed by atoms with E-state index in [1.165, 1.54) is 4.68 Å². The number of benzene rings is 3.